The first-order chi connectivity index (χ1) is 25.8. The summed E-state index contributed by atoms with van der Waals surface area (Å²) in [6.07, 6.45) is 15.5. The number of hydrogen-bond donors (Lipinski definition) is 1. The Bertz CT molecular complexity index is 2430. The van der Waals surface area contributed by atoms with Crippen molar-refractivity contribution < 1.29 is 5.11 Å². The number of aliphatic hydroxyl groups excluding tert-OH is 1. The molecule has 7 rings (SSSR count). The molecule has 0 amide bonds. The summed E-state index contributed by atoms with van der Waals surface area (Å²) in [6.45, 7) is 23.0. The fourth-order valence-corrected chi connectivity index (χ4v) is 9.16. The van der Waals surface area contributed by atoms with Crippen LogP contribution in [0.5, 0.6) is 0 Å². The van der Waals surface area contributed by atoms with Gasteiger partial charge in [-0.3, -0.25) is 0 Å². The molecule has 0 radical (unpaired) electrons. The smallest absolute Gasteiger partial charge is 0.183 e. The Morgan fingerprint density at radius 3 is 2.02 bits per heavy atom. The van der Waals surface area contributed by atoms with Crippen LogP contribution in [0, 0.1) is 6.92 Å². The molecule has 0 aromatic heterocycles. The van der Waals surface area contributed by atoms with Gasteiger partial charge in [-0.25, -0.2) is 0 Å². The van der Waals surface area contributed by atoms with Crippen LogP contribution in [0.25, 0.3) is 32.3 Å². The van der Waals surface area contributed by atoms with Gasteiger partial charge in [0.1, 0.15) is 0 Å². The molecule has 0 saturated heterocycles. The molecular formula is C50H57BN2O. The molecule has 1 N–H and O–H groups in total. The van der Waals surface area contributed by atoms with Gasteiger partial charge in [-0.1, -0.05) is 124 Å². The monoisotopic (exact) mass is 712 g/mol. The van der Waals surface area contributed by atoms with Gasteiger partial charge in [0, 0.05) is 34.4 Å². The van der Waals surface area contributed by atoms with Crippen LogP contribution in [-0.2, 0) is 0 Å². The third-order valence-electron chi connectivity index (χ3n) is 11.6. The number of anilines is 3. The van der Waals surface area contributed by atoms with Gasteiger partial charge in [-0.15, -0.1) is 0 Å². The minimum atomic E-state index is 0.202. The van der Waals surface area contributed by atoms with E-state index in [1.54, 1.807) is 6.92 Å². The zero-order chi connectivity index (χ0) is 38.4. The Labute approximate surface area is 324 Å². The molecule has 1 unspecified atom stereocenters. The average Bonchev–Trinajstić information content (AvgIpc) is 3.11. The molecule has 1 aliphatic heterocycles. The lowest BCUT2D eigenvalue weighted by molar-refractivity contribution is 0.414. The Kier molecular flexibility index (Phi) is 10.4. The van der Waals surface area contributed by atoms with Crippen LogP contribution in [0.3, 0.4) is 0 Å². The summed E-state index contributed by atoms with van der Waals surface area (Å²) in [4.78, 5) is 5.21. The molecule has 1 heterocycles. The molecule has 54 heavy (non-hydrogen) atoms. The van der Waals surface area contributed by atoms with E-state index in [0.29, 0.717) is 17.6 Å². The molecule has 0 saturated carbocycles. The molecule has 1 atom stereocenters. The summed E-state index contributed by atoms with van der Waals surface area (Å²) >= 11 is 0. The van der Waals surface area contributed by atoms with Crippen LogP contribution in [-0.4, -0.2) is 25.0 Å². The fourth-order valence-electron chi connectivity index (χ4n) is 9.16. The highest BCUT2D eigenvalue weighted by Gasteiger charge is 2.29. The van der Waals surface area contributed by atoms with Gasteiger partial charge in [0.15, 0.2) is 7.28 Å². The van der Waals surface area contributed by atoms with Crippen LogP contribution >= 0.6 is 0 Å². The van der Waals surface area contributed by atoms with E-state index < -0.39 is 0 Å². The Morgan fingerprint density at radius 1 is 0.815 bits per heavy atom. The Balaban J connectivity index is 1.59. The second-order valence-corrected chi connectivity index (χ2v) is 16.6. The van der Waals surface area contributed by atoms with E-state index in [-0.39, 0.29) is 6.04 Å². The number of rotatable bonds is 10. The predicted molar refractivity (Wildman–Crippen MR) is 239 cm³/mol. The van der Waals surface area contributed by atoms with Crippen LogP contribution in [0.1, 0.15) is 97.3 Å². The van der Waals surface area contributed by atoms with E-state index in [4.69, 9.17) is 0 Å². The van der Waals surface area contributed by atoms with Crippen LogP contribution in [0.4, 0.5) is 17.1 Å². The van der Waals surface area contributed by atoms with Gasteiger partial charge in [0.05, 0.1) is 11.8 Å². The highest BCUT2D eigenvalue weighted by molar-refractivity contribution is 6.48. The van der Waals surface area contributed by atoms with Crippen molar-refractivity contribution in [3.05, 3.63) is 147 Å². The van der Waals surface area contributed by atoms with Gasteiger partial charge >= 0.3 is 0 Å². The molecule has 0 fully saturated rings. The molecule has 5 aromatic carbocycles. The minimum Gasteiger partial charge on any atom is -0.513 e. The topological polar surface area (TPSA) is 26.7 Å². The molecule has 2 aliphatic rings. The molecular weight excluding hydrogens is 655 g/mol. The summed E-state index contributed by atoms with van der Waals surface area (Å²) in [5.41, 5.74) is 14.4. The highest BCUT2D eigenvalue weighted by atomic mass is 16.3. The molecule has 0 bridgehead atoms. The molecule has 0 spiro atoms. The number of allylic oxidation sites excluding steroid dienone is 8. The quantitative estimate of drug-likeness (QED) is 0.0676. The summed E-state index contributed by atoms with van der Waals surface area (Å²) in [7, 11) is 0.998. The van der Waals surface area contributed by atoms with Crippen LogP contribution in [0.15, 0.2) is 131 Å². The first kappa shape index (κ1) is 37.4. The average molecular weight is 713 g/mol. The molecule has 276 valence electrons. The summed E-state index contributed by atoms with van der Waals surface area (Å²) in [5.74, 6) is 1.01. The first-order valence-corrected chi connectivity index (χ1v) is 20.0. The van der Waals surface area contributed by atoms with Gasteiger partial charge < -0.3 is 14.9 Å². The molecule has 5 aromatic rings. The minimum absolute atomic E-state index is 0.202. The predicted octanol–water partition coefficient (Wildman–Crippen LogP) is 13.8. The van der Waals surface area contributed by atoms with Gasteiger partial charge in [-0.2, -0.15) is 0 Å². The standard InChI is InChI=1S/C50H57BN2O/c1-30(2)43-28-46(52(23-21-32(5)25-37(10)54)50-36(9)15-13-22-51-50)41-19-17-40-44(31(3)4)29-47(42-20-18-39(43)48(41)49(40)42)53(45-16-12-11-14-35(45)8)38-26-33(6)24-34(7)27-38/h11-21,24-26,28-31,38,51,54H,22-23,27H2,1-10H3/b32-21-,37-25-. The van der Waals surface area contributed by atoms with E-state index in [1.165, 1.54) is 88.4 Å². The van der Waals surface area contributed by atoms with Gasteiger partial charge in [0.2, 0.25) is 0 Å². The second-order valence-electron chi connectivity index (χ2n) is 16.6. The van der Waals surface area contributed by atoms with Gasteiger partial charge in [-0.05, 0) is 133 Å². The number of hydrogen-bond acceptors (Lipinski definition) is 3. The van der Waals surface area contributed by atoms with Crippen molar-refractivity contribution in [2.75, 3.05) is 16.3 Å². The molecule has 3 nitrogen and oxygen atoms in total. The van der Waals surface area contributed by atoms with Gasteiger partial charge in [0.25, 0.3) is 0 Å². The number of aryl methyl sites for hydroxylation is 1. The molecule has 4 heteroatoms. The van der Waals surface area contributed by atoms with E-state index in [9.17, 15) is 5.11 Å². The highest BCUT2D eigenvalue weighted by Crippen LogP contribution is 2.49. The van der Waals surface area contributed by atoms with Crippen LogP contribution in [0.2, 0.25) is 6.32 Å². The largest absolute Gasteiger partial charge is 0.513 e. The van der Waals surface area contributed by atoms with Crippen molar-refractivity contribution >= 4 is 56.7 Å². The van der Waals surface area contributed by atoms with Crippen molar-refractivity contribution in [1.29, 1.82) is 0 Å². The SMILES string of the molecule is CC1=CC(N(c2ccccc2C)c2cc(C(C)C)c3ccc4c(N(C/C=C(C)\C=C(\C)O)C5=C(C)C=CCB5)cc(C(C)C)c5ccc2c3c54)CC(C)=C1. The van der Waals surface area contributed by atoms with Crippen molar-refractivity contribution in [2.45, 2.75) is 99.9 Å². The van der Waals surface area contributed by atoms with E-state index in [2.05, 4.69) is 163 Å². The normalized spacial score (nSPS) is 16.9. The number of nitrogens with zero attached hydrogens (tertiary/aromatic N) is 2. The van der Waals surface area contributed by atoms with E-state index in [0.717, 1.165) is 32.1 Å². The zero-order valence-electron chi connectivity index (χ0n) is 34.1. The number of benzene rings is 5. The van der Waals surface area contributed by atoms with E-state index >= 15 is 0 Å². The van der Waals surface area contributed by atoms with Crippen molar-refractivity contribution in [2.24, 2.45) is 0 Å². The van der Waals surface area contributed by atoms with Crippen molar-refractivity contribution in [1.82, 2.24) is 0 Å². The lowest BCUT2D eigenvalue weighted by Gasteiger charge is -2.37. The third-order valence-corrected chi connectivity index (χ3v) is 11.6. The summed E-state index contributed by atoms with van der Waals surface area (Å²) in [6, 6.07) is 23.8. The summed E-state index contributed by atoms with van der Waals surface area (Å²) < 4.78 is 0. The lowest BCUT2D eigenvalue weighted by atomic mass is 9.65. The third kappa shape index (κ3) is 6.92. The number of aliphatic hydroxyl groups is 1. The maximum atomic E-state index is 10.1. The number of para-hydroxylation sites is 1. The fraction of sp³-hybridized carbons (Fsp3) is 0.320. The summed E-state index contributed by atoms with van der Waals surface area (Å²) in [5, 5.41) is 18.1. The van der Waals surface area contributed by atoms with Crippen LogP contribution < -0.4 is 9.80 Å². The Morgan fingerprint density at radius 2 is 1.43 bits per heavy atom. The van der Waals surface area contributed by atoms with E-state index in [1.807, 2.05) is 6.08 Å². The maximum absolute atomic E-state index is 10.1. The maximum Gasteiger partial charge on any atom is 0.183 e. The molecule has 1 aliphatic carbocycles. The first-order valence-electron chi connectivity index (χ1n) is 20.0. The second kappa shape index (κ2) is 15.1. The lowest BCUT2D eigenvalue weighted by Crippen LogP contribution is -2.32. The zero-order valence-corrected chi connectivity index (χ0v) is 34.1. The van der Waals surface area contributed by atoms with Crippen molar-refractivity contribution in [3.8, 4) is 0 Å². The van der Waals surface area contributed by atoms with Crippen molar-refractivity contribution in [3.63, 3.8) is 0 Å². The Hall–Kier alpha value is -4.96.